The van der Waals surface area contributed by atoms with E-state index < -0.39 is 0 Å². The third kappa shape index (κ3) is 3.84. The Balaban J connectivity index is 1.39. The summed E-state index contributed by atoms with van der Waals surface area (Å²) in [6.45, 7) is 19.9. The highest BCUT2D eigenvalue weighted by atomic mass is 16.1. The summed E-state index contributed by atoms with van der Waals surface area (Å²) >= 11 is 0. The van der Waals surface area contributed by atoms with Crippen molar-refractivity contribution in [3.8, 4) is 0 Å². The number of rotatable bonds is 4. The molecule has 0 radical (unpaired) electrons. The highest BCUT2D eigenvalue weighted by molar-refractivity contribution is 5.95. The monoisotopic (exact) mass is 559 g/mol. The molecule has 3 N–H and O–H groups in total. The fourth-order valence-corrected chi connectivity index (χ4v) is 11.6. The Morgan fingerprint density at radius 2 is 1.76 bits per heavy atom. The Kier molecular flexibility index (Phi) is 6.66. The van der Waals surface area contributed by atoms with Crippen molar-refractivity contribution in [2.45, 2.75) is 143 Å². The van der Waals surface area contributed by atoms with Gasteiger partial charge in [-0.1, -0.05) is 67.5 Å². The average molecular weight is 560 g/mol. The van der Waals surface area contributed by atoms with Crippen LogP contribution in [0, 0.1) is 38.9 Å². The number of fused-ring (bicyclic) bond motifs is 4. The first-order chi connectivity index (χ1) is 19.1. The molecule has 0 aromatic carbocycles. The molecule has 41 heavy (non-hydrogen) atoms. The van der Waals surface area contributed by atoms with Gasteiger partial charge in [0.05, 0.1) is 0 Å². The van der Waals surface area contributed by atoms with Crippen LogP contribution >= 0.6 is 0 Å². The fraction of sp³-hybridized carbons (Fsp3) is 0.784. The molecule has 4 aliphatic carbocycles. The Hall–Kier alpha value is -1.52. The Morgan fingerprint density at radius 1 is 1.02 bits per heavy atom. The van der Waals surface area contributed by atoms with Crippen LogP contribution in [0.4, 0.5) is 0 Å². The van der Waals surface area contributed by atoms with Gasteiger partial charge < -0.3 is 11.1 Å². The van der Waals surface area contributed by atoms with Gasteiger partial charge in [-0.15, -0.1) is 0 Å². The molecule has 4 fully saturated rings. The standard InChI is InChI=1S/C37H57N3O/c1-25(30(41)28-11-9-10-22-39-28)23-27-13-15-33(6)26(2)12-16-35(8)34(7)21-20-32(5)19-18-31(3,4)24-36(32,38)29(34)14-17-37(33,35)40-27/h9-11,14,22,25-27,40H,12-13,15-21,23-24,38H2,1-8H3/t25?,26?,27?,32?,33?,34-,35?,36?,37?/m1/s1. The lowest BCUT2D eigenvalue weighted by Gasteiger charge is -2.77. The van der Waals surface area contributed by atoms with E-state index in [4.69, 9.17) is 5.73 Å². The summed E-state index contributed by atoms with van der Waals surface area (Å²) < 4.78 is 0. The number of nitrogens with zero attached hydrogens (tertiary/aromatic N) is 1. The molecule has 1 saturated heterocycles. The lowest BCUT2D eigenvalue weighted by molar-refractivity contribution is -0.193. The van der Waals surface area contributed by atoms with E-state index in [2.05, 4.69) is 71.8 Å². The Morgan fingerprint density at radius 3 is 2.46 bits per heavy atom. The molecular weight excluding hydrogens is 502 g/mol. The van der Waals surface area contributed by atoms with Crippen molar-refractivity contribution >= 4 is 5.78 Å². The van der Waals surface area contributed by atoms with E-state index >= 15 is 0 Å². The maximum atomic E-state index is 13.3. The first kappa shape index (κ1) is 29.5. The number of piperidine rings is 1. The van der Waals surface area contributed by atoms with Gasteiger partial charge in [-0.3, -0.25) is 9.78 Å². The highest BCUT2D eigenvalue weighted by Crippen LogP contribution is 2.76. The van der Waals surface area contributed by atoms with E-state index in [9.17, 15) is 4.79 Å². The Bertz CT molecular complexity index is 1240. The van der Waals surface area contributed by atoms with E-state index in [1.54, 1.807) is 11.8 Å². The van der Waals surface area contributed by atoms with Crippen LogP contribution in [-0.2, 0) is 0 Å². The van der Waals surface area contributed by atoms with E-state index in [0.717, 1.165) is 25.7 Å². The van der Waals surface area contributed by atoms with Gasteiger partial charge in [-0.2, -0.15) is 0 Å². The summed E-state index contributed by atoms with van der Waals surface area (Å²) in [7, 11) is 0. The number of pyridine rings is 1. The van der Waals surface area contributed by atoms with Gasteiger partial charge in [0.2, 0.25) is 0 Å². The molecule has 8 unspecified atom stereocenters. The molecule has 6 rings (SSSR count). The van der Waals surface area contributed by atoms with Crippen LogP contribution in [0.5, 0.6) is 0 Å². The normalized spacial score (nSPS) is 47.6. The number of Topliss-reactive ketones (excluding diaryl/α,β-unsaturated/α-hetero) is 1. The second-order valence-electron chi connectivity index (χ2n) is 17.2. The van der Waals surface area contributed by atoms with Crippen molar-refractivity contribution in [3.05, 3.63) is 41.7 Å². The number of hydrogen-bond acceptors (Lipinski definition) is 4. The summed E-state index contributed by atoms with van der Waals surface area (Å²) in [5.41, 5.74) is 10.6. The van der Waals surface area contributed by atoms with Crippen LogP contribution < -0.4 is 11.1 Å². The molecule has 3 saturated carbocycles. The van der Waals surface area contributed by atoms with Gasteiger partial charge in [0.1, 0.15) is 5.69 Å². The highest BCUT2D eigenvalue weighted by Gasteiger charge is 2.74. The quantitative estimate of drug-likeness (QED) is 0.288. The first-order valence-electron chi connectivity index (χ1n) is 16.8. The van der Waals surface area contributed by atoms with Crippen LogP contribution in [0.1, 0.15) is 137 Å². The third-order valence-corrected chi connectivity index (χ3v) is 14.8. The molecule has 4 heteroatoms. The van der Waals surface area contributed by atoms with E-state index in [0.29, 0.717) is 17.7 Å². The van der Waals surface area contributed by atoms with Crippen LogP contribution in [0.3, 0.4) is 0 Å². The van der Waals surface area contributed by atoms with Crippen LogP contribution in [0.15, 0.2) is 36.0 Å². The number of nitrogens with one attached hydrogen (secondary N) is 1. The molecule has 9 atom stereocenters. The number of carbonyl (C=O) groups excluding carboxylic acids is 1. The second-order valence-corrected chi connectivity index (χ2v) is 17.2. The minimum atomic E-state index is -0.233. The molecule has 0 bridgehead atoms. The maximum absolute atomic E-state index is 13.3. The zero-order valence-corrected chi connectivity index (χ0v) is 27.3. The van der Waals surface area contributed by atoms with Crippen LogP contribution in [0.25, 0.3) is 0 Å². The lowest BCUT2D eigenvalue weighted by Crippen LogP contribution is -2.80. The summed E-state index contributed by atoms with van der Waals surface area (Å²) in [6.07, 6.45) is 17.3. The van der Waals surface area contributed by atoms with Gasteiger partial charge in [-0.05, 0) is 121 Å². The van der Waals surface area contributed by atoms with E-state index in [1.807, 2.05) is 18.2 Å². The summed E-state index contributed by atoms with van der Waals surface area (Å²) in [5, 5.41) is 4.43. The first-order valence-corrected chi connectivity index (χ1v) is 16.8. The number of carbonyl (C=O) groups is 1. The van der Waals surface area contributed by atoms with Gasteiger partial charge in [-0.25, -0.2) is 0 Å². The number of aromatic nitrogens is 1. The third-order valence-electron chi connectivity index (χ3n) is 14.8. The average Bonchev–Trinajstić information content (AvgIpc) is 2.92. The summed E-state index contributed by atoms with van der Waals surface area (Å²) in [6, 6.07) is 6.00. The zero-order chi connectivity index (χ0) is 29.7. The smallest absolute Gasteiger partial charge is 0.184 e. The number of nitrogens with two attached hydrogens (primary N) is 1. The topological polar surface area (TPSA) is 68.0 Å². The van der Waals surface area contributed by atoms with Crippen molar-refractivity contribution in [2.24, 2.45) is 44.6 Å². The van der Waals surface area contributed by atoms with E-state index in [-0.39, 0.29) is 49.9 Å². The van der Waals surface area contributed by atoms with E-state index in [1.165, 1.54) is 44.9 Å². The molecule has 5 aliphatic rings. The summed E-state index contributed by atoms with van der Waals surface area (Å²) in [5.74, 6) is 0.796. The zero-order valence-electron chi connectivity index (χ0n) is 27.3. The maximum Gasteiger partial charge on any atom is 0.184 e. The fourth-order valence-electron chi connectivity index (χ4n) is 11.6. The van der Waals surface area contributed by atoms with Gasteiger partial charge in [0.25, 0.3) is 0 Å². The molecule has 1 aromatic heterocycles. The van der Waals surface area contributed by atoms with Crippen molar-refractivity contribution in [1.82, 2.24) is 10.3 Å². The van der Waals surface area contributed by atoms with Gasteiger partial charge in [0, 0.05) is 29.2 Å². The minimum Gasteiger partial charge on any atom is -0.321 e. The molecule has 0 amide bonds. The SMILES string of the molecule is CC(CC1CCC2(C)C(C)CCC3(C)C2(CC=C2C4(N)CC(C)(C)CCC4(C)CC[C@]23C)N1)C(=O)c1ccccn1. The predicted molar refractivity (Wildman–Crippen MR) is 169 cm³/mol. The molecule has 226 valence electrons. The van der Waals surface area contributed by atoms with Crippen molar-refractivity contribution in [1.29, 1.82) is 0 Å². The Labute approximate surface area is 250 Å². The molecule has 2 heterocycles. The van der Waals surface area contributed by atoms with Crippen LogP contribution in [0.2, 0.25) is 0 Å². The van der Waals surface area contributed by atoms with Gasteiger partial charge in [0.15, 0.2) is 5.78 Å². The van der Waals surface area contributed by atoms with Gasteiger partial charge >= 0.3 is 0 Å². The lowest BCUT2D eigenvalue weighted by atomic mass is 9.31. The second kappa shape index (κ2) is 9.24. The molecule has 1 aromatic rings. The largest absolute Gasteiger partial charge is 0.321 e. The molecule has 1 aliphatic heterocycles. The van der Waals surface area contributed by atoms with Crippen molar-refractivity contribution in [3.63, 3.8) is 0 Å². The van der Waals surface area contributed by atoms with Crippen LogP contribution in [-0.4, -0.2) is 27.9 Å². The number of ketones is 1. The molecular formula is C37H57N3O. The number of hydrogen-bond donors (Lipinski definition) is 2. The molecule has 4 nitrogen and oxygen atoms in total. The van der Waals surface area contributed by atoms with Crippen molar-refractivity contribution in [2.75, 3.05) is 0 Å². The molecule has 1 spiro atoms. The summed E-state index contributed by atoms with van der Waals surface area (Å²) in [4.78, 5) is 17.7. The predicted octanol–water partition coefficient (Wildman–Crippen LogP) is 8.27. The van der Waals surface area contributed by atoms with Crippen molar-refractivity contribution < 1.29 is 4.79 Å². The minimum absolute atomic E-state index is 0.000877.